The minimum Gasteiger partial charge on any atom is -0.462 e. The molecular formula is C15H24INO3. The summed E-state index contributed by atoms with van der Waals surface area (Å²) in [6, 6.07) is 0.318. The van der Waals surface area contributed by atoms with Crippen LogP contribution in [0.15, 0.2) is 0 Å². The van der Waals surface area contributed by atoms with Crippen LogP contribution in [0.4, 0.5) is 0 Å². The molecule has 114 valence electrons. The van der Waals surface area contributed by atoms with Crippen molar-refractivity contribution in [3.05, 3.63) is 0 Å². The molecule has 5 heteroatoms. The molecule has 1 aliphatic heterocycles. The van der Waals surface area contributed by atoms with Gasteiger partial charge >= 0.3 is 5.97 Å². The third-order valence-electron chi connectivity index (χ3n) is 5.20. The van der Waals surface area contributed by atoms with Crippen LogP contribution < -0.4 is 5.32 Å². The van der Waals surface area contributed by atoms with Gasteiger partial charge in [-0.2, -0.15) is 0 Å². The second-order valence-electron chi connectivity index (χ2n) is 6.64. The van der Waals surface area contributed by atoms with E-state index in [0.717, 1.165) is 57.9 Å². The standard InChI is InChI=1S/C15H24INO3/c16-13(12-9-17-12)14(18)20-11-5-3-10(4-6-11)15(19)7-1-2-8-15/h10-13,17,19H,1-9H2. The number of hydrogen-bond acceptors (Lipinski definition) is 4. The molecule has 1 heterocycles. The first kappa shape index (κ1) is 15.0. The molecule has 0 amide bonds. The third-order valence-corrected chi connectivity index (χ3v) is 6.58. The van der Waals surface area contributed by atoms with E-state index in [2.05, 4.69) is 27.9 Å². The number of hydrogen-bond donors (Lipinski definition) is 2. The first-order chi connectivity index (χ1) is 9.58. The Bertz CT molecular complexity index is 358. The van der Waals surface area contributed by atoms with E-state index in [1.807, 2.05) is 0 Å². The molecule has 2 aliphatic carbocycles. The fourth-order valence-electron chi connectivity index (χ4n) is 3.78. The van der Waals surface area contributed by atoms with E-state index < -0.39 is 5.60 Å². The Balaban J connectivity index is 1.45. The molecule has 20 heavy (non-hydrogen) atoms. The molecule has 3 aliphatic rings. The van der Waals surface area contributed by atoms with E-state index in [-0.39, 0.29) is 16.0 Å². The fourth-order valence-corrected chi connectivity index (χ4v) is 4.44. The Morgan fingerprint density at radius 3 is 2.40 bits per heavy atom. The predicted octanol–water partition coefficient (Wildman–Crippen LogP) is 2.17. The molecule has 0 radical (unpaired) electrons. The van der Waals surface area contributed by atoms with Gasteiger partial charge in [0.1, 0.15) is 10.0 Å². The lowest BCUT2D eigenvalue weighted by Gasteiger charge is -2.37. The number of rotatable bonds is 4. The average Bonchev–Trinajstić information content (AvgIpc) is 3.21. The van der Waals surface area contributed by atoms with Crippen molar-refractivity contribution in [3.8, 4) is 0 Å². The Morgan fingerprint density at radius 1 is 1.25 bits per heavy atom. The molecule has 2 atom stereocenters. The molecule has 0 spiro atoms. The molecule has 0 aromatic heterocycles. The van der Waals surface area contributed by atoms with E-state index >= 15 is 0 Å². The highest BCUT2D eigenvalue weighted by atomic mass is 127. The van der Waals surface area contributed by atoms with Gasteiger partial charge in [-0.25, -0.2) is 0 Å². The topological polar surface area (TPSA) is 68.5 Å². The number of alkyl halides is 1. The van der Waals surface area contributed by atoms with E-state index in [1.165, 1.54) is 0 Å². The molecule has 0 aromatic carbocycles. The molecule has 2 saturated carbocycles. The van der Waals surface area contributed by atoms with Crippen LogP contribution in [0.25, 0.3) is 0 Å². The van der Waals surface area contributed by atoms with E-state index in [0.29, 0.717) is 12.0 Å². The molecule has 0 aromatic rings. The normalized spacial score (nSPS) is 37.4. The summed E-state index contributed by atoms with van der Waals surface area (Å²) >= 11 is 2.18. The van der Waals surface area contributed by atoms with Crippen LogP contribution >= 0.6 is 22.6 Å². The third kappa shape index (κ3) is 3.30. The molecular weight excluding hydrogens is 369 g/mol. The largest absolute Gasteiger partial charge is 0.462 e. The Morgan fingerprint density at radius 2 is 1.85 bits per heavy atom. The molecule has 4 nitrogen and oxygen atoms in total. The maximum absolute atomic E-state index is 12.0. The molecule has 2 N–H and O–H groups in total. The number of esters is 1. The highest BCUT2D eigenvalue weighted by Gasteiger charge is 2.42. The van der Waals surface area contributed by atoms with Gasteiger partial charge in [0.2, 0.25) is 0 Å². The number of ether oxygens (including phenoxy) is 1. The summed E-state index contributed by atoms with van der Waals surface area (Å²) < 4.78 is 5.58. The van der Waals surface area contributed by atoms with Gasteiger partial charge in [-0.15, -0.1) is 0 Å². The monoisotopic (exact) mass is 393 g/mol. The number of nitrogens with one attached hydrogen (secondary N) is 1. The van der Waals surface area contributed by atoms with Crippen LogP contribution in [0.1, 0.15) is 51.4 Å². The first-order valence-corrected chi connectivity index (χ1v) is 9.13. The lowest BCUT2D eigenvalue weighted by atomic mass is 9.75. The van der Waals surface area contributed by atoms with Crippen molar-refractivity contribution in [2.75, 3.05) is 6.54 Å². The SMILES string of the molecule is O=C(OC1CCC(C2(O)CCCC2)CC1)C(I)C1CN1. The lowest BCUT2D eigenvalue weighted by Crippen LogP contribution is -2.39. The maximum atomic E-state index is 12.0. The number of aliphatic hydroxyl groups is 1. The van der Waals surface area contributed by atoms with Crippen LogP contribution in [0.5, 0.6) is 0 Å². The zero-order valence-corrected chi connectivity index (χ0v) is 14.0. The summed E-state index contributed by atoms with van der Waals surface area (Å²) in [6.45, 7) is 0.933. The van der Waals surface area contributed by atoms with Crippen molar-refractivity contribution in [3.63, 3.8) is 0 Å². The number of halogens is 1. The van der Waals surface area contributed by atoms with Crippen molar-refractivity contribution in [1.82, 2.24) is 5.32 Å². The zero-order chi connectivity index (χ0) is 14.2. The Hall–Kier alpha value is 0.120. The van der Waals surface area contributed by atoms with Gasteiger partial charge in [0.15, 0.2) is 0 Å². The smallest absolute Gasteiger partial charge is 0.320 e. The minimum absolute atomic E-state index is 0.0515. The van der Waals surface area contributed by atoms with Gasteiger partial charge in [0, 0.05) is 12.6 Å². The maximum Gasteiger partial charge on any atom is 0.320 e. The van der Waals surface area contributed by atoms with Gasteiger partial charge < -0.3 is 15.2 Å². The summed E-state index contributed by atoms with van der Waals surface area (Å²) in [5, 5.41) is 13.8. The van der Waals surface area contributed by atoms with Gasteiger partial charge in [-0.1, -0.05) is 35.4 Å². The number of carbonyl (C=O) groups excluding carboxylic acids is 1. The van der Waals surface area contributed by atoms with Crippen LogP contribution in [0.2, 0.25) is 0 Å². The summed E-state index contributed by atoms with van der Waals surface area (Å²) in [6.07, 6.45) is 8.16. The Kier molecular flexibility index (Phi) is 4.57. The zero-order valence-electron chi connectivity index (χ0n) is 11.8. The van der Waals surface area contributed by atoms with Crippen molar-refractivity contribution in [1.29, 1.82) is 0 Å². The average molecular weight is 393 g/mol. The number of carbonyl (C=O) groups is 1. The molecule has 0 bridgehead atoms. The lowest BCUT2D eigenvalue weighted by molar-refractivity contribution is -0.151. The summed E-state index contributed by atoms with van der Waals surface area (Å²) in [5.41, 5.74) is -0.418. The van der Waals surface area contributed by atoms with E-state index in [9.17, 15) is 9.90 Å². The summed E-state index contributed by atoms with van der Waals surface area (Å²) in [4.78, 5) is 12.0. The molecule has 3 rings (SSSR count). The fraction of sp³-hybridized carbons (Fsp3) is 0.933. The van der Waals surface area contributed by atoms with Crippen molar-refractivity contribution < 1.29 is 14.6 Å². The molecule has 3 fully saturated rings. The second kappa shape index (κ2) is 6.08. The van der Waals surface area contributed by atoms with Crippen LogP contribution in [0, 0.1) is 5.92 Å². The minimum atomic E-state index is -0.418. The second-order valence-corrected chi connectivity index (χ2v) is 7.98. The van der Waals surface area contributed by atoms with Gasteiger partial charge in [0.05, 0.1) is 5.60 Å². The summed E-state index contributed by atoms with van der Waals surface area (Å²) in [5.74, 6) is 0.351. The predicted molar refractivity (Wildman–Crippen MR) is 84.9 cm³/mol. The van der Waals surface area contributed by atoms with E-state index in [4.69, 9.17) is 4.74 Å². The van der Waals surface area contributed by atoms with Gasteiger partial charge in [-0.05, 0) is 44.4 Å². The van der Waals surface area contributed by atoms with Crippen LogP contribution in [-0.4, -0.2) is 39.3 Å². The van der Waals surface area contributed by atoms with E-state index in [1.54, 1.807) is 0 Å². The highest BCUT2D eigenvalue weighted by Crippen LogP contribution is 2.43. The van der Waals surface area contributed by atoms with Crippen molar-refractivity contribution >= 4 is 28.6 Å². The van der Waals surface area contributed by atoms with Gasteiger partial charge in [0.25, 0.3) is 0 Å². The summed E-state index contributed by atoms with van der Waals surface area (Å²) in [7, 11) is 0. The van der Waals surface area contributed by atoms with Gasteiger partial charge in [-0.3, -0.25) is 4.79 Å². The highest BCUT2D eigenvalue weighted by molar-refractivity contribution is 14.1. The Labute approximate surface area is 134 Å². The molecule has 1 saturated heterocycles. The van der Waals surface area contributed by atoms with Crippen LogP contribution in [-0.2, 0) is 9.53 Å². The van der Waals surface area contributed by atoms with Crippen molar-refractivity contribution in [2.45, 2.75) is 73.0 Å². The quantitative estimate of drug-likeness (QED) is 0.333. The van der Waals surface area contributed by atoms with Crippen LogP contribution in [0.3, 0.4) is 0 Å². The van der Waals surface area contributed by atoms with Crippen molar-refractivity contribution in [2.24, 2.45) is 5.92 Å². The molecule has 2 unspecified atom stereocenters. The first-order valence-electron chi connectivity index (χ1n) is 7.89.